The van der Waals surface area contributed by atoms with E-state index < -0.39 is 0 Å². The first-order chi connectivity index (χ1) is 8.79. The van der Waals surface area contributed by atoms with Crippen LogP contribution >= 0.6 is 0 Å². The van der Waals surface area contributed by atoms with Crippen molar-refractivity contribution in [3.63, 3.8) is 0 Å². The highest BCUT2D eigenvalue weighted by molar-refractivity contribution is 5.74. The second-order valence-electron chi connectivity index (χ2n) is 6.56. The second-order valence-corrected chi connectivity index (χ2v) is 6.56. The van der Waals surface area contributed by atoms with E-state index in [0.29, 0.717) is 30.3 Å². The largest absolute Gasteiger partial charge is 0.465 e. The quantitative estimate of drug-likeness (QED) is 0.563. The maximum absolute atomic E-state index is 12.1. The summed E-state index contributed by atoms with van der Waals surface area (Å²) in [5.74, 6) is 3.40. The Bertz CT molecular complexity index is 423. The van der Waals surface area contributed by atoms with Gasteiger partial charge in [0, 0.05) is 0 Å². The minimum atomic E-state index is 0.0682. The Balaban J connectivity index is 1.32. The van der Waals surface area contributed by atoms with Gasteiger partial charge in [-0.2, -0.15) is 0 Å². The van der Waals surface area contributed by atoms with Gasteiger partial charge in [-0.05, 0) is 55.3 Å². The molecule has 2 fully saturated rings. The third kappa shape index (κ3) is 1.65. The Labute approximate surface area is 108 Å². The monoisotopic (exact) mass is 244 g/mol. The summed E-state index contributed by atoms with van der Waals surface area (Å²) in [5, 5.41) is 0. The Kier molecular flexibility index (Phi) is 2.39. The van der Waals surface area contributed by atoms with E-state index in [1.807, 2.05) is 0 Å². The lowest BCUT2D eigenvalue weighted by Crippen LogP contribution is -2.25. The van der Waals surface area contributed by atoms with E-state index in [0.717, 1.165) is 12.3 Å². The fourth-order valence-electron chi connectivity index (χ4n) is 4.43. The van der Waals surface area contributed by atoms with Crippen molar-refractivity contribution in [3.8, 4) is 0 Å². The van der Waals surface area contributed by atoms with Crippen LogP contribution < -0.4 is 0 Å². The lowest BCUT2D eigenvalue weighted by atomic mass is 9.93. The summed E-state index contributed by atoms with van der Waals surface area (Å²) in [7, 11) is 0. The fraction of sp³-hybridized carbons (Fsp3) is 0.688. The first kappa shape index (κ1) is 10.8. The van der Waals surface area contributed by atoms with Gasteiger partial charge in [0.25, 0.3) is 0 Å². The molecule has 0 aliphatic heterocycles. The summed E-state index contributed by atoms with van der Waals surface area (Å²) in [6.45, 7) is 0.655. The summed E-state index contributed by atoms with van der Waals surface area (Å²) < 4.78 is 5.61. The van der Waals surface area contributed by atoms with E-state index >= 15 is 0 Å². The molecule has 4 aliphatic carbocycles. The van der Waals surface area contributed by atoms with Crippen molar-refractivity contribution in [2.75, 3.05) is 6.61 Å². The van der Waals surface area contributed by atoms with Crippen LogP contribution in [0.2, 0.25) is 0 Å². The average molecular weight is 244 g/mol. The van der Waals surface area contributed by atoms with E-state index in [1.165, 1.54) is 19.3 Å². The number of esters is 1. The summed E-state index contributed by atoms with van der Waals surface area (Å²) in [4.78, 5) is 12.1. The second kappa shape index (κ2) is 3.97. The first-order valence-corrected chi connectivity index (χ1v) is 7.33. The molecule has 0 saturated heterocycles. The zero-order valence-corrected chi connectivity index (χ0v) is 10.6. The molecule has 4 aliphatic rings. The molecule has 0 radical (unpaired) electrons. The highest BCUT2D eigenvalue weighted by Crippen LogP contribution is 2.45. The average Bonchev–Trinajstić information content (AvgIpc) is 3.13. The lowest BCUT2D eigenvalue weighted by molar-refractivity contribution is -0.151. The van der Waals surface area contributed by atoms with Gasteiger partial charge in [-0.1, -0.05) is 24.3 Å². The van der Waals surface area contributed by atoms with Gasteiger partial charge in [0.15, 0.2) is 0 Å². The normalized spacial score (nSPS) is 47.1. The number of carbonyl (C=O) groups excluding carboxylic acids is 1. The minimum Gasteiger partial charge on any atom is -0.465 e. The van der Waals surface area contributed by atoms with Crippen molar-refractivity contribution in [2.24, 2.45) is 35.5 Å². The van der Waals surface area contributed by atoms with Crippen molar-refractivity contribution in [2.45, 2.75) is 25.7 Å². The highest BCUT2D eigenvalue weighted by atomic mass is 16.5. The third-order valence-corrected chi connectivity index (χ3v) is 5.44. The SMILES string of the molecule is O=C(OC[C@@H]1C[C@H]2C=C[C@H]1C2)[C@H]1C[C@H]2C=C[C@H]1C2. The molecule has 2 nitrogen and oxygen atoms in total. The standard InChI is InChI=1S/C16H20O2/c17-16(15-8-11-2-4-13(15)6-11)18-9-14-7-10-1-3-12(14)5-10/h1-4,10-15H,5-9H2/t10-,11-,12-,13-,14-,15-/m0/s1. The Morgan fingerprint density at radius 1 is 0.944 bits per heavy atom. The molecule has 0 spiro atoms. The minimum absolute atomic E-state index is 0.0682. The molecule has 6 atom stereocenters. The summed E-state index contributed by atoms with van der Waals surface area (Å²) in [6.07, 6.45) is 13.9. The van der Waals surface area contributed by atoms with Crippen molar-refractivity contribution in [1.82, 2.24) is 0 Å². The molecule has 0 aromatic rings. The van der Waals surface area contributed by atoms with Crippen LogP contribution in [0.15, 0.2) is 24.3 Å². The van der Waals surface area contributed by atoms with Crippen LogP contribution in [-0.2, 0) is 9.53 Å². The van der Waals surface area contributed by atoms with E-state index in [9.17, 15) is 4.79 Å². The van der Waals surface area contributed by atoms with Crippen molar-refractivity contribution in [1.29, 1.82) is 0 Å². The molecule has 2 saturated carbocycles. The van der Waals surface area contributed by atoms with Crippen LogP contribution in [0.25, 0.3) is 0 Å². The van der Waals surface area contributed by atoms with Crippen LogP contribution in [-0.4, -0.2) is 12.6 Å². The number of allylic oxidation sites excluding steroid dienone is 4. The predicted molar refractivity (Wildman–Crippen MR) is 68.6 cm³/mol. The smallest absolute Gasteiger partial charge is 0.309 e. The lowest BCUT2D eigenvalue weighted by Gasteiger charge is -2.21. The predicted octanol–water partition coefficient (Wildman–Crippen LogP) is 2.95. The maximum Gasteiger partial charge on any atom is 0.309 e. The van der Waals surface area contributed by atoms with Crippen LogP contribution in [0.5, 0.6) is 0 Å². The summed E-state index contributed by atoms with van der Waals surface area (Å²) >= 11 is 0. The molecule has 0 aromatic heterocycles. The van der Waals surface area contributed by atoms with Gasteiger partial charge < -0.3 is 4.74 Å². The number of fused-ring (bicyclic) bond motifs is 4. The number of carbonyl (C=O) groups is 1. The van der Waals surface area contributed by atoms with Gasteiger partial charge in [-0.25, -0.2) is 0 Å². The zero-order valence-electron chi connectivity index (χ0n) is 10.6. The van der Waals surface area contributed by atoms with Gasteiger partial charge in [0.2, 0.25) is 0 Å². The molecule has 0 aromatic carbocycles. The fourth-order valence-corrected chi connectivity index (χ4v) is 4.43. The van der Waals surface area contributed by atoms with Crippen molar-refractivity contribution < 1.29 is 9.53 Å². The molecule has 96 valence electrons. The van der Waals surface area contributed by atoms with Crippen LogP contribution in [0.3, 0.4) is 0 Å². The van der Waals surface area contributed by atoms with Gasteiger partial charge >= 0.3 is 5.97 Å². The van der Waals surface area contributed by atoms with Crippen molar-refractivity contribution >= 4 is 5.97 Å². The van der Waals surface area contributed by atoms with E-state index in [2.05, 4.69) is 24.3 Å². The Hall–Kier alpha value is -1.05. The number of ether oxygens (including phenoxy) is 1. The van der Waals surface area contributed by atoms with Crippen LogP contribution in [0.1, 0.15) is 25.7 Å². The van der Waals surface area contributed by atoms with Crippen LogP contribution in [0, 0.1) is 35.5 Å². The Morgan fingerprint density at radius 2 is 1.67 bits per heavy atom. The molecule has 0 N–H and O–H groups in total. The van der Waals surface area contributed by atoms with Crippen molar-refractivity contribution in [3.05, 3.63) is 24.3 Å². The zero-order chi connectivity index (χ0) is 12.1. The third-order valence-electron chi connectivity index (χ3n) is 5.44. The van der Waals surface area contributed by atoms with Gasteiger partial charge in [-0.3, -0.25) is 4.79 Å². The molecule has 4 rings (SSSR count). The van der Waals surface area contributed by atoms with E-state index in [-0.39, 0.29) is 11.9 Å². The first-order valence-electron chi connectivity index (χ1n) is 7.33. The molecule has 0 unspecified atom stereocenters. The van der Waals surface area contributed by atoms with Gasteiger partial charge in [0.1, 0.15) is 0 Å². The molecular formula is C16H20O2. The van der Waals surface area contributed by atoms with E-state index in [1.54, 1.807) is 0 Å². The summed E-state index contributed by atoms with van der Waals surface area (Å²) in [5.41, 5.74) is 0. The highest BCUT2D eigenvalue weighted by Gasteiger charge is 2.42. The molecule has 2 heteroatoms. The summed E-state index contributed by atoms with van der Waals surface area (Å²) in [6, 6.07) is 0. The molecule has 0 amide bonds. The number of rotatable bonds is 3. The van der Waals surface area contributed by atoms with Gasteiger partial charge in [-0.15, -0.1) is 0 Å². The molecular weight excluding hydrogens is 224 g/mol. The molecule has 0 heterocycles. The number of hydrogen-bond acceptors (Lipinski definition) is 2. The molecule has 18 heavy (non-hydrogen) atoms. The maximum atomic E-state index is 12.1. The van der Waals surface area contributed by atoms with Gasteiger partial charge in [0.05, 0.1) is 12.5 Å². The molecule has 4 bridgehead atoms. The van der Waals surface area contributed by atoms with E-state index in [4.69, 9.17) is 4.74 Å². The number of hydrogen-bond donors (Lipinski definition) is 0. The topological polar surface area (TPSA) is 26.3 Å². The van der Waals surface area contributed by atoms with Crippen LogP contribution in [0.4, 0.5) is 0 Å². The Morgan fingerprint density at radius 3 is 2.22 bits per heavy atom.